The van der Waals surface area contributed by atoms with Gasteiger partial charge in [0.2, 0.25) is 0 Å². The van der Waals surface area contributed by atoms with Crippen molar-refractivity contribution in [2.75, 3.05) is 50.7 Å². The van der Waals surface area contributed by atoms with Crippen molar-refractivity contribution in [1.82, 2.24) is 14.8 Å². The summed E-state index contributed by atoms with van der Waals surface area (Å²) in [5.74, 6) is 0.722. The Morgan fingerprint density at radius 2 is 2.08 bits per heavy atom. The van der Waals surface area contributed by atoms with Crippen LogP contribution >= 0.6 is 35.3 Å². The normalized spacial score (nSPS) is 22.3. The van der Waals surface area contributed by atoms with E-state index in [2.05, 4.69) is 26.6 Å². The van der Waals surface area contributed by atoms with Gasteiger partial charge in [-0.05, 0) is 32.4 Å². The Hall–Kier alpha value is -0.610. The first-order chi connectivity index (χ1) is 12.3. The Kier molecular flexibility index (Phi) is 9.41. The maximum absolute atomic E-state index is 6.30. The maximum Gasteiger partial charge on any atom is 0.191 e. The molecule has 0 aliphatic carbocycles. The van der Waals surface area contributed by atoms with Crippen molar-refractivity contribution in [3.8, 4) is 0 Å². The predicted molar refractivity (Wildman–Crippen MR) is 122 cm³/mol. The minimum absolute atomic E-state index is 0. The standard InChI is InChI=1S/C18H32N6S.HI/c1-2-3-8-22-9-5-4-6-16(22)15-21-17(19)23-10-12-24(13-11-23)18-20-7-14-25-18;/h7,14,16H,2-6,8-13,15H2,1H3,(H2,19,21);1H. The zero-order valence-corrected chi connectivity index (χ0v) is 19.0. The van der Waals surface area contributed by atoms with Gasteiger partial charge in [-0.15, -0.1) is 35.3 Å². The molecule has 0 bridgehead atoms. The average molecular weight is 492 g/mol. The summed E-state index contributed by atoms with van der Waals surface area (Å²) in [6.45, 7) is 9.35. The molecule has 1 atom stereocenters. The molecule has 1 aromatic rings. The van der Waals surface area contributed by atoms with Gasteiger partial charge in [-0.25, -0.2) is 4.98 Å². The van der Waals surface area contributed by atoms with E-state index < -0.39 is 0 Å². The predicted octanol–water partition coefficient (Wildman–Crippen LogP) is 2.85. The fraction of sp³-hybridized carbons (Fsp3) is 0.778. The fourth-order valence-electron chi connectivity index (χ4n) is 3.72. The number of nitrogens with two attached hydrogens (primary N) is 1. The quantitative estimate of drug-likeness (QED) is 0.376. The van der Waals surface area contributed by atoms with Gasteiger partial charge in [0, 0.05) is 43.8 Å². The average Bonchev–Trinajstić information content (AvgIpc) is 3.20. The summed E-state index contributed by atoms with van der Waals surface area (Å²) in [4.78, 5) is 16.4. The molecule has 2 N–H and O–H groups in total. The van der Waals surface area contributed by atoms with Gasteiger partial charge in [-0.3, -0.25) is 9.89 Å². The van der Waals surface area contributed by atoms with Crippen molar-refractivity contribution >= 4 is 46.4 Å². The number of nitrogens with zero attached hydrogens (tertiary/aromatic N) is 5. The highest BCUT2D eigenvalue weighted by Crippen LogP contribution is 2.20. The highest BCUT2D eigenvalue weighted by molar-refractivity contribution is 14.0. The Bertz CT molecular complexity index is 530. The number of halogens is 1. The number of piperazine rings is 1. The molecule has 0 spiro atoms. The van der Waals surface area contributed by atoms with Crippen LogP contribution in [0.5, 0.6) is 0 Å². The van der Waals surface area contributed by atoms with Gasteiger partial charge in [-0.1, -0.05) is 19.8 Å². The SMILES string of the molecule is CCCCN1CCCCC1CN=C(N)N1CCN(c2nccs2)CC1.I. The van der Waals surface area contributed by atoms with Crippen LogP contribution in [0.25, 0.3) is 0 Å². The van der Waals surface area contributed by atoms with Gasteiger partial charge in [-0.2, -0.15) is 0 Å². The summed E-state index contributed by atoms with van der Waals surface area (Å²) in [5.41, 5.74) is 6.30. The van der Waals surface area contributed by atoms with Crippen LogP contribution in [0, 0.1) is 0 Å². The topological polar surface area (TPSA) is 61.0 Å². The number of piperidine rings is 1. The number of aromatic nitrogens is 1. The van der Waals surface area contributed by atoms with E-state index in [-0.39, 0.29) is 24.0 Å². The third-order valence-corrected chi connectivity index (χ3v) is 6.14. The third-order valence-electron chi connectivity index (χ3n) is 5.31. The molecule has 2 aliphatic rings. The second kappa shape index (κ2) is 11.3. The second-order valence-electron chi connectivity index (χ2n) is 7.03. The van der Waals surface area contributed by atoms with Crippen LogP contribution in [0.2, 0.25) is 0 Å². The first-order valence-electron chi connectivity index (χ1n) is 9.71. The van der Waals surface area contributed by atoms with Crippen molar-refractivity contribution < 1.29 is 0 Å². The summed E-state index contributed by atoms with van der Waals surface area (Å²) in [5, 5.41) is 3.15. The molecule has 0 radical (unpaired) electrons. The molecule has 26 heavy (non-hydrogen) atoms. The molecule has 1 unspecified atom stereocenters. The number of thiazole rings is 1. The summed E-state index contributed by atoms with van der Waals surface area (Å²) >= 11 is 1.70. The molecule has 2 fully saturated rings. The Labute approximate surface area is 178 Å². The molecular formula is C18H33IN6S. The van der Waals surface area contributed by atoms with Gasteiger partial charge < -0.3 is 15.5 Å². The van der Waals surface area contributed by atoms with Gasteiger partial charge in [0.25, 0.3) is 0 Å². The van der Waals surface area contributed by atoms with Gasteiger partial charge in [0.1, 0.15) is 0 Å². The lowest BCUT2D eigenvalue weighted by Crippen LogP contribution is -2.51. The van der Waals surface area contributed by atoms with Crippen LogP contribution in [-0.4, -0.2) is 72.6 Å². The lowest BCUT2D eigenvalue weighted by molar-refractivity contribution is 0.151. The van der Waals surface area contributed by atoms with E-state index >= 15 is 0 Å². The van der Waals surface area contributed by atoms with E-state index in [9.17, 15) is 0 Å². The van der Waals surface area contributed by atoms with Crippen LogP contribution in [0.3, 0.4) is 0 Å². The van der Waals surface area contributed by atoms with E-state index in [1.54, 1.807) is 11.3 Å². The van der Waals surface area contributed by atoms with E-state index in [1.165, 1.54) is 45.2 Å². The number of guanidine groups is 1. The van der Waals surface area contributed by atoms with E-state index in [0.717, 1.165) is 43.8 Å². The maximum atomic E-state index is 6.30. The smallest absolute Gasteiger partial charge is 0.191 e. The summed E-state index contributed by atoms with van der Waals surface area (Å²) < 4.78 is 0. The molecule has 3 heterocycles. The van der Waals surface area contributed by atoms with Gasteiger partial charge in [0.15, 0.2) is 11.1 Å². The highest BCUT2D eigenvalue weighted by Gasteiger charge is 2.23. The minimum atomic E-state index is 0. The number of hydrogen-bond donors (Lipinski definition) is 1. The van der Waals surface area contributed by atoms with E-state index in [4.69, 9.17) is 10.7 Å². The monoisotopic (exact) mass is 492 g/mol. The van der Waals surface area contributed by atoms with E-state index in [0.29, 0.717) is 6.04 Å². The number of unbranched alkanes of at least 4 members (excludes halogenated alkanes) is 1. The molecule has 0 aromatic carbocycles. The number of anilines is 1. The van der Waals surface area contributed by atoms with Crippen LogP contribution in [0.4, 0.5) is 5.13 Å². The van der Waals surface area contributed by atoms with Crippen LogP contribution in [0.1, 0.15) is 39.0 Å². The number of aliphatic imine (C=N–C) groups is 1. The molecule has 3 rings (SSSR count). The summed E-state index contributed by atoms with van der Waals surface area (Å²) in [7, 11) is 0. The Morgan fingerprint density at radius 3 is 2.77 bits per heavy atom. The zero-order chi connectivity index (χ0) is 17.5. The molecular weight excluding hydrogens is 459 g/mol. The van der Waals surface area contributed by atoms with Gasteiger partial charge in [0.05, 0.1) is 6.54 Å². The molecule has 1 aromatic heterocycles. The Morgan fingerprint density at radius 1 is 1.27 bits per heavy atom. The molecule has 0 saturated carbocycles. The van der Waals surface area contributed by atoms with Crippen molar-refractivity contribution in [3.05, 3.63) is 11.6 Å². The van der Waals surface area contributed by atoms with Crippen molar-refractivity contribution in [1.29, 1.82) is 0 Å². The molecule has 148 valence electrons. The van der Waals surface area contributed by atoms with Crippen molar-refractivity contribution in [2.45, 2.75) is 45.1 Å². The third kappa shape index (κ3) is 5.95. The number of rotatable bonds is 6. The van der Waals surface area contributed by atoms with E-state index in [1.807, 2.05) is 11.6 Å². The van der Waals surface area contributed by atoms with Gasteiger partial charge >= 0.3 is 0 Å². The lowest BCUT2D eigenvalue weighted by atomic mass is 10.0. The molecule has 0 amide bonds. The minimum Gasteiger partial charge on any atom is -0.370 e. The lowest BCUT2D eigenvalue weighted by Gasteiger charge is -2.36. The first-order valence-corrected chi connectivity index (χ1v) is 10.6. The fourth-order valence-corrected chi connectivity index (χ4v) is 4.42. The zero-order valence-electron chi connectivity index (χ0n) is 15.8. The number of likely N-dealkylation sites (tertiary alicyclic amines) is 1. The van der Waals surface area contributed by atoms with Crippen molar-refractivity contribution in [2.24, 2.45) is 10.7 Å². The molecule has 2 aliphatic heterocycles. The summed E-state index contributed by atoms with van der Waals surface area (Å²) in [6.07, 6.45) is 8.34. The molecule has 6 nitrogen and oxygen atoms in total. The second-order valence-corrected chi connectivity index (χ2v) is 7.90. The summed E-state index contributed by atoms with van der Waals surface area (Å²) in [6, 6.07) is 0.579. The Balaban J connectivity index is 0.00000243. The molecule has 8 heteroatoms. The largest absolute Gasteiger partial charge is 0.370 e. The first kappa shape index (κ1) is 21.7. The van der Waals surface area contributed by atoms with Crippen LogP contribution in [0.15, 0.2) is 16.6 Å². The van der Waals surface area contributed by atoms with Crippen molar-refractivity contribution in [3.63, 3.8) is 0 Å². The van der Waals surface area contributed by atoms with Crippen LogP contribution < -0.4 is 10.6 Å². The number of hydrogen-bond acceptors (Lipinski definition) is 5. The molecule has 2 saturated heterocycles. The van der Waals surface area contributed by atoms with Crippen LogP contribution in [-0.2, 0) is 0 Å². The highest BCUT2D eigenvalue weighted by atomic mass is 127.